The highest BCUT2D eigenvalue weighted by atomic mass is 16.5. The van der Waals surface area contributed by atoms with Crippen molar-refractivity contribution in [1.29, 1.82) is 5.26 Å². The highest BCUT2D eigenvalue weighted by Gasteiger charge is 2.22. The van der Waals surface area contributed by atoms with Crippen molar-refractivity contribution in [1.82, 2.24) is 5.43 Å². The maximum atomic E-state index is 9.37. The zero-order valence-corrected chi connectivity index (χ0v) is 13.6. The molecule has 0 saturated heterocycles. The van der Waals surface area contributed by atoms with Crippen LogP contribution in [0.5, 0.6) is 5.75 Å². The summed E-state index contributed by atoms with van der Waals surface area (Å²) in [4.78, 5) is 2.11. The molecule has 1 aromatic carbocycles. The maximum Gasteiger partial charge on any atom is 0.149 e. The second-order valence-electron chi connectivity index (χ2n) is 5.41. The quantitative estimate of drug-likeness (QED) is 0.677. The largest absolute Gasteiger partial charge is 0.497 e. The molecule has 3 rings (SSSR count). The van der Waals surface area contributed by atoms with E-state index in [1.165, 1.54) is 0 Å². The molecule has 0 atom stereocenters. The highest BCUT2D eigenvalue weighted by Crippen LogP contribution is 2.25. The van der Waals surface area contributed by atoms with E-state index in [1.54, 1.807) is 13.4 Å². The fraction of sp³-hybridized carbons (Fsp3) is 0.222. The molecule has 1 aliphatic heterocycles. The number of methoxy groups -OCH3 is 1. The number of benzene rings is 1. The van der Waals surface area contributed by atoms with E-state index in [9.17, 15) is 5.26 Å². The Hall–Kier alpha value is -3.20. The van der Waals surface area contributed by atoms with Gasteiger partial charge in [0.15, 0.2) is 0 Å². The van der Waals surface area contributed by atoms with Crippen LogP contribution in [-0.4, -0.2) is 25.9 Å². The molecule has 2 heterocycles. The van der Waals surface area contributed by atoms with Gasteiger partial charge in [-0.15, -0.1) is 0 Å². The van der Waals surface area contributed by atoms with E-state index in [4.69, 9.17) is 9.15 Å². The van der Waals surface area contributed by atoms with Gasteiger partial charge in [0.25, 0.3) is 0 Å². The Balaban J connectivity index is 1.71. The van der Waals surface area contributed by atoms with Gasteiger partial charge < -0.3 is 14.1 Å². The number of rotatable bonds is 5. The summed E-state index contributed by atoms with van der Waals surface area (Å²) in [6.07, 6.45) is 1.61. The van der Waals surface area contributed by atoms with Gasteiger partial charge >= 0.3 is 0 Å². The van der Waals surface area contributed by atoms with E-state index >= 15 is 0 Å². The molecule has 0 spiro atoms. The van der Waals surface area contributed by atoms with Crippen LogP contribution in [-0.2, 0) is 0 Å². The lowest BCUT2D eigenvalue weighted by molar-refractivity contribution is 0.415. The van der Waals surface area contributed by atoms with Gasteiger partial charge in [-0.3, -0.25) is 5.43 Å². The molecule has 24 heavy (non-hydrogen) atoms. The van der Waals surface area contributed by atoms with Crippen LogP contribution >= 0.6 is 0 Å². The molecule has 0 aliphatic carbocycles. The Bertz CT molecular complexity index is 799. The van der Waals surface area contributed by atoms with Crippen molar-refractivity contribution in [3.63, 3.8) is 0 Å². The zero-order valence-electron chi connectivity index (χ0n) is 13.6. The number of nitriles is 1. The summed E-state index contributed by atoms with van der Waals surface area (Å²) in [5.41, 5.74) is 6.26. The summed E-state index contributed by atoms with van der Waals surface area (Å²) in [6.45, 7) is 3.01. The first kappa shape index (κ1) is 15.7. The van der Waals surface area contributed by atoms with Gasteiger partial charge in [0.05, 0.1) is 43.8 Å². The molecule has 2 aromatic rings. The van der Waals surface area contributed by atoms with Crippen LogP contribution in [0, 0.1) is 11.3 Å². The SMILES string of the molecule is COc1ccc(N2CC(C#N)=C(NN=C(C)c3ccco3)C2)cc1. The van der Waals surface area contributed by atoms with Crippen molar-refractivity contribution in [2.75, 3.05) is 25.1 Å². The van der Waals surface area contributed by atoms with Crippen molar-refractivity contribution >= 4 is 11.4 Å². The van der Waals surface area contributed by atoms with Crippen molar-refractivity contribution in [2.24, 2.45) is 5.10 Å². The van der Waals surface area contributed by atoms with E-state index < -0.39 is 0 Å². The second-order valence-corrected chi connectivity index (χ2v) is 5.41. The van der Waals surface area contributed by atoms with Crippen molar-refractivity contribution < 1.29 is 9.15 Å². The van der Waals surface area contributed by atoms with Gasteiger partial charge in [0, 0.05) is 5.69 Å². The number of furan rings is 1. The number of ether oxygens (including phenoxy) is 1. The minimum atomic E-state index is 0.556. The molecular weight excluding hydrogens is 304 g/mol. The molecule has 1 N–H and O–H groups in total. The first-order chi connectivity index (χ1) is 11.7. The van der Waals surface area contributed by atoms with E-state index in [0.29, 0.717) is 24.4 Å². The summed E-state index contributed by atoms with van der Waals surface area (Å²) >= 11 is 0. The summed E-state index contributed by atoms with van der Waals surface area (Å²) in [7, 11) is 1.64. The number of nitrogens with one attached hydrogen (secondary N) is 1. The van der Waals surface area contributed by atoms with Crippen LogP contribution in [0.15, 0.2) is 63.5 Å². The fourth-order valence-electron chi connectivity index (χ4n) is 2.50. The number of hydrogen-bond acceptors (Lipinski definition) is 6. The lowest BCUT2D eigenvalue weighted by Crippen LogP contribution is -2.22. The number of hydrogen-bond donors (Lipinski definition) is 1. The monoisotopic (exact) mass is 322 g/mol. The van der Waals surface area contributed by atoms with Crippen molar-refractivity contribution in [3.05, 3.63) is 59.7 Å². The lowest BCUT2D eigenvalue weighted by Gasteiger charge is -2.18. The Kier molecular flexibility index (Phi) is 4.52. The third kappa shape index (κ3) is 3.25. The van der Waals surface area contributed by atoms with Crippen LogP contribution in [0.4, 0.5) is 5.69 Å². The smallest absolute Gasteiger partial charge is 0.149 e. The van der Waals surface area contributed by atoms with E-state index in [2.05, 4.69) is 21.5 Å². The van der Waals surface area contributed by atoms with E-state index in [1.807, 2.05) is 43.3 Å². The average molecular weight is 322 g/mol. The average Bonchev–Trinajstić information content (AvgIpc) is 3.29. The van der Waals surface area contributed by atoms with Crippen molar-refractivity contribution in [3.8, 4) is 11.8 Å². The van der Waals surface area contributed by atoms with Crippen LogP contribution in [0.1, 0.15) is 12.7 Å². The van der Waals surface area contributed by atoms with Crippen LogP contribution in [0.2, 0.25) is 0 Å². The molecule has 0 amide bonds. The minimum absolute atomic E-state index is 0.556. The van der Waals surface area contributed by atoms with Crippen molar-refractivity contribution in [2.45, 2.75) is 6.92 Å². The first-order valence-corrected chi connectivity index (χ1v) is 7.56. The van der Waals surface area contributed by atoms with Gasteiger partial charge in [-0.05, 0) is 43.3 Å². The molecule has 6 nitrogen and oxygen atoms in total. The van der Waals surface area contributed by atoms with Crippen LogP contribution in [0.25, 0.3) is 0 Å². The second kappa shape index (κ2) is 6.92. The molecule has 0 saturated carbocycles. The third-order valence-electron chi connectivity index (χ3n) is 3.87. The fourth-order valence-corrected chi connectivity index (χ4v) is 2.50. The molecule has 0 unspecified atom stereocenters. The Morgan fingerprint density at radius 3 is 2.71 bits per heavy atom. The zero-order chi connectivity index (χ0) is 16.9. The summed E-state index contributed by atoms with van der Waals surface area (Å²) < 4.78 is 10.5. The minimum Gasteiger partial charge on any atom is -0.497 e. The predicted molar refractivity (Wildman–Crippen MR) is 91.9 cm³/mol. The number of hydrazone groups is 1. The molecule has 1 aliphatic rings. The predicted octanol–water partition coefficient (Wildman–Crippen LogP) is 2.90. The lowest BCUT2D eigenvalue weighted by atomic mass is 10.2. The molecule has 0 fully saturated rings. The molecule has 122 valence electrons. The Labute approximate surface area is 140 Å². The maximum absolute atomic E-state index is 9.37. The van der Waals surface area contributed by atoms with E-state index in [-0.39, 0.29) is 0 Å². The molecule has 6 heteroatoms. The third-order valence-corrected chi connectivity index (χ3v) is 3.87. The molecule has 1 aromatic heterocycles. The van der Waals surface area contributed by atoms with Crippen LogP contribution in [0.3, 0.4) is 0 Å². The highest BCUT2D eigenvalue weighted by molar-refractivity contribution is 5.95. The van der Waals surface area contributed by atoms with Gasteiger partial charge in [-0.25, -0.2) is 0 Å². The number of anilines is 1. The molecule has 0 bridgehead atoms. The van der Waals surface area contributed by atoms with Gasteiger partial charge in [-0.2, -0.15) is 10.4 Å². The number of nitrogens with zero attached hydrogens (tertiary/aromatic N) is 3. The first-order valence-electron chi connectivity index (χ1n) is 7.56. The van der Waals surface area contributed by atoms with Crippen LogP contribution < -0.4 is 15.1 Å². The molecule has 0 radical (unpaired) electrons. The molecular formula is C18H18N4O2. The standard InChI is InChI=1S/C18H18N4O2/c1-13(18-4-3-9-24-18)20-21-17-12-22(11-14(17)10-19)15-5-7-16(23-2)8-6-15/h3-9,21H,11-12H2,1-2H3. The topological polar surface area (TPSA) is 73.8 Å². The Morgan fingerprint density at radius 2 is 2.08 bits per heavy atom. The van der Waals surface area contributed by atoms with E-state index in [0.717, 1.165) is 22.8 Å². The summed E-state index contributed by atoms with van der Waals surface area (Å²) in [5, 5.41) is 13.7. The van der Waals surface area contributed by atoms with Gasteiger partial charge in [0.1, 0.15) is 17.2 Å². The normalized spacial score (nSPS) is 14.7. The summed E-state index contributed by atoms with van der Waals surface area (Å²) in [5.74, 6) is 1.51. The van der Waals surface area contributed by atoms with Gasteiger partial charge in [0.2, 0.25) is 0 Å². The summed E-state index contributed by atoms with van der Waals surface area (Å²) in [6, 6.07) is 13.7. The Morgan fingerprint density at radius 1 is 1.29 bits per heavy atom. The van der Waals surface area contributed by atoms with Gasteiger partial charge in [-0.1, -0.05) is 0 Å².